The zero-order chi connectivity index (χ0) is 15.0. The maximum Gasteiger partial charge on any atom is 0.335 e. The SMILES string of the molecule is COc1ccccc1-n1c(=O)c2ccccc2n(C)c1=O. The van der Waals surface area contributed by atoms with Crippen molar-refractivity contribution in [2.75, 3.05) is 7.11 Å². The van der Waals surface area contributed by atoms with Crippen molar-refractivity contribution >= 4 is 10.9 Å². The highest BCUT2D eigenvalue weighted by molar-refractivity contribution is 5.78. The first-order chi connectivity index (χ1) is 10.1. The van der Waals surface area contributed by atoms with Crippen LogP contribution in [0.5, 0.6) is 5.75 Å². The van der Waals surface area contributed by atoms with E-state index in [2.05, 4.69) is 0 Å². The second-order valence-corrected chi connectivity index (χ2v) is 4.67. The lowest BCUT2D eigenvalue weighted by atomic mass is 10.2. The fourth-order valence-corrected chi connectivity index (χ4v) is 2.43. The molecule has 0 saturated carbocycles. The van der Waals surface area contributed by atoms with Gasteiger partial charge in [0.2, 0.25) is 0 Å². The quantitative estimate of drug-likeness (QED) is 0.719. The Morgan fingerprint density at radius 1 is 0.952 bits per heavy atom. The number of hydrogen-bond acceptors (Lipinski definition) is 3. The van der Waals surface area contributed by atoms with E-state index in [9.17, 15) is 9.59 Å². The maximum absolute atomic E-state index is 12.7. The normalized spacial score (nSPS) is 10.8. The summed E-state index contributed by atoms with van der Waals surface area (Å²) < 4.78 is 7.86. The molecule has 21 heavy (non-hydrogen) atoms. The number of aryl methyl sites for hydroxylation is 1. The van der Waals surface area contributed by atoms with Gasteiger partial charge in [-0.2, -0.15) is 0 Å². The van der Waals surface area contributed by atoms with Crippen LogP contribution in [0.1, 0.15) is 0 Å². The molecule has 0 bridgehead atoms. The molecular weight excluding hydrogens is 268 g/mol. The summed E-state index contributed by atoms with van der Waals surface area (Å²) in [6, 6.07) is 14.0. The van der Waals surface area contributed by atoms with Crippen LogP contribution in [0.2, 0.25) is 0 Å². The van der Waals surface area contributed by atoms with Crippen molar-refractivity contribution in [2.24, 2.45) is 7.05 Å². The number of para-hydroxylation sites is 3. The number of aromatic nitrogens is 2. The Labute approximate surface area is 120 Å². The molecule has 3 aromatic rings. The molecule has 1 heterocycles. The molecule has 1 aromatic heterocycles. The molecule has 0 radical (unpaired) electrons. The van der Waals surface area contributed by atoms with E-state index in [0.29, 0.717) is 22.3 Å². The molecule has 0 aliphatic rings. The average molecular weight is 282 g/mol. The minimum atomic E-state index is -0.400. The van der Waals surface area contributed by atoms with Crippen LogP contribution in [0.15, 0.2) is 58.1 Å². The van der Waals surface area contributed by atoms with Crippen LogP contribution >= 0.6 is 0 Å². The largest absolute Gasteiger partial charge is 0.495 e. The Kier molecular flexibility index (Phi) is 3.10. The smallest absolute Gasteiger partial charge is 0.335 e. The summed E-state index contributed by atoms with van der Waals surface area (Å²) in [7, 11) is 3.16. The number of methoxy groups -OCH3 is 1. The molecule has 0 aliphatic carbocycles. The lowest BCUT2D eigenvalue weighted by molar-refractivity contribution is 0.412. The fourth-order valence-electron chi connectivity index (χ4n) is 2.43. The first-order valence-electron chi connectivity index (χ1n) is 6.49. The average Bonchev–Trinajstić information content (AvgIpc) is 2.53. The van der Waals surface area contributed by atoms with Gasteiger partial charge in [-0.1, -0.05) is 24.3 Å². The molecule has 2 aromatic carbocycles. The van der Waals surface area contributed by atoms with Crippen LogP contribution in [-0.4, -0.2) is 16.2 Å². The van der Waals surface area contributed by atoms with Crippen LogP contribution in [0.4, 0.5) is 0 Å². The van der Waals surface area contributed by atoms with Gasteiger partial charge in [-0.15, -0.1) is 0 Å². The van der Waals surface area contributed by atoms with Gasteiger partial charge in [-0.05, 0) is 24.3 Å². The molecule has 0 fully saturated rings. The van der Waals surface area contributed by atoms with Gasteiger partial charge in [0.1, 0.15) is 5.75 Å². The Morgan fingerprint density at radius 2 is 1.62 bits per heavy atom. The minimum Gasteiger partial charge on any atom is -0.495 e. The van der Waals surface area contributed by atoms with E-state index < -0.39 is 5.69 Å². The molecule has 0 spiro atoms. The highest BCUT2D eigenvalue weighted by atomic mass is 16.5. The molecule has 0 aliphatic heterocycles. The topological polar surface area (TPSA) is 53.2 Å². The van der Waals surface area contributed by atoms with Gasteiger partial charge in [-0.25, -0.2) is 9.36 Å². The minimum absolute atomic E-state index is 0.349. The highest BCUT2D eigenvalue weighted by Crippen LogP contribution is 2.20. The van der Waals surface area contributed by atoms with Crippen molar-refractivity contribution in [3.63, 3.8) is 0 Å². The Bertz CT molecular complexity index is 938. The van der Waals surface area contributed by atoms with Crippen molar-refractivity contribution in [2.45, 2.75) is 0 Å². The van der Waals surface area contributed by atoms with E-state index in [0.717, 1.165) is 4.57 Å². The van der Waals surface area contributed by atoms with Crippen molar-refractivity contribution in [3.05, 3.63) is 69.4 Å². The molecular formula is C16H14N2O3. The van der Waals surface area contributed by atoms with Gasteiger partial charge >= 0.3 is 5.69 Å². The van der Waals surface area contributed by atoms with Crippen LogP contribution in [0, 0.1) is 0 Å². The molecule has 0 amide bonds. The first-order valence-corrected chi connectivity index (χ1v) is 6.49. The number of fused-ring (bicyclic) bond motifs is 1. The van der Waals surface area contributed by atoms with Crippen LogP contribution < -0.4 is 16.0 Å². The number of ether oxygens (including phenoxy) is 1. The summed E-state index contributed by atoms with van der Waals surface area (Å²) in [6.07, 6.45) is 0. The van der Waals surface area contributed by atoms with E-state index in [1.165, 1.54) is 11.7 Å². The Balaban J connectivity index is 2.50. The third-order valence-corrected chi connectivity index (χ3v) is 3.50. The van der Waals surface area contributed by atoms with Gasteiger partial charge < -0.3 is 4.74 Å². The van der Waals surface area contributed by atoms with Crippen LogP contribution in [0.25, 0.3) is 16.6 Å². The Hall–Kier alpha value is -2.82. The molecule has 106 valence electrons. The van der Waals surface area contributed by atoms with Gasteiger partial charge in [0.05, 0.1) is 23.7 Å². The van der Waals surface area contributed by atoms with Gasteiger partial charge in [0.15, 0.2) is 0 Å². The second kappa shape index (κ2) is 4.94. The van der Waals surface area contributed by atoms with Gasteiger partial charge in [0, 0.05) is 7.05 Å². The monoisotopic (exact) mass is 282 g/mol. The first kappa shape index (κ1) is 13.2. The van der Waals surface area contributed by atoms with Crippen LogP contribution in [-0.2, 0) is 7.05 Å². The molecule has 0 saturated heterocycles. The zero-order valence-electron chi connectivity index (χ0n) is 11.7. The molecule has 0 unspecified atom stereocenters. The summed E-state index contributed by atoms with van der Waals surface area (Å²) in [6.45, 7) is 0. The maximum atomic E-state index is 12.7. The number of hydrogen-bond donors (Lipinski definition) is 0. The predicted molar refractivity (Wildman–Crippen MR) is 81.3 cm³/mol. The standard InChI is InChI=1S/C16H14N2O3/c1-17-12-8-4-3-7-11(12)15(19)18(16(17)20)13-9-5-6-10-14(13)21-2/h3-10H,1-2H3. The second-order valence-electron chi connectivity index (χ2n) is 4.67. The third kappa shape index (κ3) is 1.94. The highest BCUT2D eigenvalue weighted by Gasteiger charge is 2.14. The molecule has 0 atom stereocenters. The zero-order valence-corrected chi connectivity index (χ0v) is 11.7. The van der Waals surface area contributed by atoms with E-state index in [4.69, 9.17) is 4.74 Å². The summed E-state index contributed by atoms with van der Waals surface area (Å²) in [4.78, 5) is 25.2. The molecule has 5 nitrogen and oxygen atoms in total. The lowest BCUT2D eigenvalue weighted by Crippen LogP contribution is -2.38. The fraction of sp³-hybridized carbons (Fsp3) is 0.125. The van der Waals surface area contributed by atoms with Gasteiger partial charge in [-0.3, -0.25) is 9.36 Å². The summed E-state index contributed by atoms with van der Waals surface area (Å²) >= 11 is 0. The number of benzene rings is 2. The van der Waals surface area contributed by atoms with Gasteiger partial charge in [0.25, 0.3) is 5.56 Å². The van der Waals surface area contributed by atoms with Crippen LogP contribution in [0.3, 0.4) is 0 Å². The molecule has 0 N–H and O–H groups in total. The molecule has 5 heteroatoms. The summed E-state index contributed by atoms with van der Waals surface area (Å²) in [5.41, 5.74) is 0.302. The predicted octanol–water partition coefficient (Wildman–Crippen LogP) is 1.70. The van der Waals surface area contributed by atoms with E-state index in [-0.39, 0.29) is 5.56 Å². The van der Waals surface area contributed by atoms with Crippen molar-refractivity contribution in [1.82, 2.24) is 9.13 Å². The summed E-state index contributed by atoms with van der Waals surface area (Å²) in [5.74, 6) is 0.479. The van der Waals surface area contributed by atoms with Crippen molar-refractivity contribution in [1.29, 1.82) is 0 Å². The molecule has 3 rings (SSSR count). The Morgan fingerprint density at radius 3 is 2.38 bits per heavy atom. The third-order valence-electron chi connectivity index (χ3n) is 3.50. The number of rotatable bonds is 2. The lowest BCUT2D eigenvalue weighted by Gasteiger charge is -2.13. The van der Waals surface area contributed by atoms with E-state index in [1.807, 2.05) is 0 Å². The summed E-state index contributed by atoms with van der Waals surface area (Å²) in [5, 5.41) is 0.491. The van der Waals surface area contributed by atoms with Crippen molar-refractivity contribution in [3.8, 4) is 11.4 Å². The van der Waals surface area contributed by atoms with E-state index >= 15 is 0 Å². The van der Waals surface area contributed by atoms with E-state index in [1.54, 1.807) is 55.6 Å². The number of nitrogens with zero attached hydrogens (tertiary/aromatic N) is 2. The van der Waals surface area contributed by atoms with Crippen molar-refractivity contribution < 1.29 is 4.74 Å².